The highest BCUT2D eigenvalue weighted by atomic mass is 16.3. The van der Waals surface area contributed by atoms with Gasteiger partial charge in [0.1, 0.15) is 0 Å². The molecule has 0 radical (unpaired) electrons. The van der Waals surface area contributed by atoms with Crippen molar-refractivity contribution < 1.29 is 9.90 Å². The molecule has 114 valence electrons. The highest BCUT2D eigenvalue weighted by Gasteiger charge is 2.10. The summed E-state index contributed by atoms with van der Waals surface area (Å²) in [5.74, 6) is 0.0230. The van der Waals surface area contributed by atoms with Crippen molar-refractivity contribution in [3.8, 4) is 0 Å². The summed E-state index contributed by atoms with van der Waals surface area (Å²) in [7, 11) is 1.70. The minimum absolute atomic E-state index is 0.0121. The number of pyridine rings is 1. The summed E-state index contributed by atoms with van der Waals surface area (Å²) >= 11 is 0. The van der Waals surface area contributed by atoms with Crippen molar-refractivity contribution in [2.24, 2.45) is 0 Å². The second-order valence-corrected chi connectivity index (χ2v) is 5.43. The average molecular weight is 297 g/mol. The maximum Gasteiger partial charge on any atom is 0.222 e. The molecule has 2 heterocycles. The molecular weight excluding hydrogens is 278 g/mol. The molecule has 0 fully saturated rings. The van der Waals surface area contributed by atoms with Crippen molar-refractivity contribution in [1.82, 2.24) is 14.9 Å². The van der Waals surface area contributed by atoms with E-state index >= 15 is 0 Å². The highest BCUT2D eigenvalue weighted by molar-refractivity contribution is 6.06. The number of aliphatic hydroxyl groups is 1. The van der Waals surface area contributed by atoms with Gasteiger partial charge in [-0.3, -0.25) is 9.78 Å². The number of para-hydroxylation sites is 1. The molecule has 0 bridgehead atoms. The molecule has 22 heavy (non-hydrogen) atoms. The van der Waals surface area contributed by atoms with E-state index in [0.717, 1.165) is 22.1 Å². The number of aliphatic hydroxyl groups excluding tert-OH is 1. The van der Waals surface area contributed by atoms with Gasteiger partial charge in [0, 0.05) is 42.0 Å². The fourth-order valence-electron chi connectivity index (χ4n) is 2.63. The Labute approximate surface area is 128 Å². The Bertz CT molecular complexity index is 810. The number of benzene rings is 1. The number of nitrogens with one attached hydrogen (secondary N) is 1. The number of fused-ring (bicyclic) bond motifs is 3. The molecule has 3 aromatic rings. The second-order valence-electron chi connectivity index (χ2n) is 5.43. The maximum atomic E-state index is 11.9. The van der Waals surface area contributed by atoms with E-state index in [1.807, 2.05) is 30.5 Å². The lowest BCUT2D eigenvalue weighted by Gasteiger charge is -2.15. The van der Waals surface area contributed by atoms with E-state index in [4.69, 9.17) is 5.11 Å². The Hall–Kier alpha value is -2.40. The molecule has 0 aliphatic rings. The summed E-state index contributed by atoms with van der Waals surface area (Å²) in [5, 5.41) is 11.2. The third kappa shape index (κ3) is 2.80. The van der Waals surface area contributed by atoms with Gasteiger partial charge in [-0.1, -0.05) is 18.2 Å². The van der Waals surface area contributed by atoms with Crippen LogP contribution in [0.5, 0.6) is 0 Å². The van der Waals surface area contributed by atoms with Crippen LogP contribution in [0.4, 0.5) is 0 Å². The van der Waals surface area contributed by atoms with Gasteiger partial charge in [0.05, 0.1) is 18.3 Å². The minimum Gasteiger partial charge on any atom is -0.395 e. The topological polar surface area (TPSA) is 69.2 Å². The number of aromatic nitrogens is 2. The second kappa shape index (κ2) is 6.15. The molecule has 5 nitrogen and oxygen atoms in total. The molecule has 5 heteroatoms. The van der Waals surface area contributed by atoms with Gasteiger partial charge in [-0.15, -0.1) is 0 Å². The number of carbonyl (C=O) groups is 1. The Morgan fingerprint density at radius 3 is 2.91 bits per heavy atom. The quantitative estimate of drug-likeness (QED) is 0.757. The van der Waals surface area contributed by atoms with E-state index < -0.39 is 0 Å². The van der Waals surface area contributed by atoms with Gasteiger partial charge < -0.3 is 15.0 Å². The highest BCUT2D eigenvalue weighted by Crippen LogP contribution is 2.25. The van der Waals surface area contributed by atoms with Gasteiger partial charge in [-0.05, 0) is 18.6 Å². The number of amides is 1. The van der Waals surface area contributed by atoms with Gasteiger partial charge in [-0.2, -0.15) is 0 Å². The molecule has 1 amide bonds. The smallest absolute Gasteiger partial charge is 0.222 e. The van der Waals surface area contributed by atoms with Crippen molar-refractivity contribution in [2.45, 2.75) is 12.8 Å². The summed E-state index contributed by atoms with van der Waals surface area (Å²) in [5.41, 5.74) is 3.01. The number of hydrogen-bond donors (Lipinski definition) is 2. The molecule has 0 spiro atoms. The van der Waals surface area contributed by atoms with Gasteiger partial charge in [0.15, 0.2) is 0 Å². The predicted molar refractivity (Wildman–Crippen MR) is 86.6 cm³/mol. The average Bonchev–Trinajstić information content (AvgIpc) is 2.90. The van der Waals surface area contributed by atoms with Crippen LogP contribution in [-0.4, -0.2) is 46.1 Å². The van der Waals surface area contributed by atoms with E-state index in [2.05, 4.69) is 16.0 Å². The maximum absolute atomic E-state index is 11.9. The van der Waals surface area contributed by atoms with Gasteiger partial charge in [0.25, 0.3) is 0 Å². The lowest BCUT2D eigenvalue weighted by atomic mass is 10.1. The standard InChI is InChI=1S/C17H19N3O2/c1-20(8-9-21)17(22)7-6-12-10-14-13-4-2-3-5-15(13)19-16(14)11-18-12/h2-5,10-11,19,21H,6-9H2,1H3. The van der Waals surface area contributed by atoms with Crippen LogP contribution in [0, 0.1) is 0 Å². The van der Waals surface area contributed by atoms with Crippen LogP contribution in [0.2, 0.25) is 0 Å². The zero-order chi connectivity index (χ0) is 15.5. The van der Waals surface area contributed by atoms with Gasteiger partial charge in [0.2, 0.25) is 5.91 Å². The molecule has 0 unspecified atom stereocenters. The Balaban J connectivity index is 1.80. The molecule has 0 saturated carbocycles. The number of rotatable bonds is 5. The number of H-pyrrole nitrogens is 1. The van der Waals surface area contributed by atoms with Crippen LogP contribution >= 0.6 is 0 Å². The Morgan fingerprint density at radius 1 is 1.27 bits per heavy atom. The van der Waals surface area contributed by atoms with E-state index in [-0.39, 0.29) is 12.5 Å². The number of aromatic amines is 1. The third-order valence-corrected chi connectivity index (χ3v) is 3.90. The van der Waals surface area contributed by atoms with Crippen molar-refractivity contribution in [1.29, 1.82) is 0 Å². The molecule has 0 aliphatic heterocycles. The van der Waals surface area contributed by atoms with Crippen molar-refractivity contribution >= 4 is 27.7 Å². The molecule has 2 aromatic heterocycles. The first-order chi connectivity index (χ1) is 10.7. The first-order valence-corrected chi connectivity index (χ1v) is 7.39. The molecule has 2 N–H and O–H groups in total. The minimum atomic E-state index is -0.0121. The summed E-state index contributed by atoms with van der Waals surface area (Å²) in [6, 6.07) is 10.2. The molecule has 0 atom stereocenters. The molecule has 0 saturated heterocycles. The van der Waals surface area contributed by atoms with Gasteiger partial charge in [-0.25, -0.2) is 0 Å². The number of aryl methyl sites for hydroxylation is 1. The van der Waals surface area contributed by atoms with Crippen molar-refractivity contribution in [2.75, 3.05) is 20.2 Å². The van der Waals surface area contributed by atoms with Crippen LogP contribution in [0.15, 0.2) is 36.5 Å². The normalized spacial score (nSPS) is 11.2. The lowest BCUT2D eigenvalue weighted by molar-refractivity contribution is -0.130. The van der Waals surface area contributed by atoms with Crippen LogP contribution in [0.25, 0.3) is 21.8 Å². The van der Waals surface area contributed by atoms with E-state index in [9.17, 15) is 4.79 Å². The largest absolute Gasteiger partial charge is 0.395 e. The molecular formula is C17H19N3O2. The van der Waals surface area contributed by atoms with Crippen molar-refractivity contribution in [3.05, 3.63) is 42.2 Å². The SMILES string of the molecule is CN(CCO)C(=O)CCc1cc2c(cn1)[nH]c1ccccc12. The zero-order valence-corrected chi connectivity index (χ0v) is 12.5. The monoisotopic (exact) mass is 297 g/mol. The predicted octanol–water partition coefficient (Wildman–Crippen LogP) is 2.10. The van der Waals surface area contributed by atoms with Crippen LogP contribution in [0.3, 0.4) is 0 Å². The van der Waals surface area contributed by atoms with Gasteiger partial charge >= 0.3 is 0 Å². The zero-order valence-electron chi connectivity index (χ0n) is 12.5. The summed E-state index contributed by atoms with van der Waals surface area (Å²) in [6.45, 7) is 0.357. The van der Waals surface area contributed by atoms with E-state index in [1.54, 1.807) is 11.9 Å². The number of likely N-dealkylation sites (N-methyl/N-ethyl adjacent to an activating group) is 1. The number of nitrogens with zero attached hydrogens (tertiary/aromatic N) is 2. The fourth-order valence-corrected chi connectivity index (χ4v) is 2.63. The Morgan fingerprint density at radius 2 is 2.09 bits per heavy atom. The summed E-state index contributed by atoms with van der Waals surface area (Å²) < 4.78 is 0. The first-order valence-electron chi connectivity index (χ1n) is 7.39. The molecule has 1 aromatic carbocycles. The van der Waals surface area contributed by atoms with E-state index in [1.165, 1.54) is 5.39 Å². The Kier molecular flexibility index (Phi) is 4.06. The number of carbonyl (C=O) groups excluding carboxylic acids is 1. The van der Waals surface area contributed by atoms with E-state index in [0.29, 0.717) is 19.4 Å². The summed E-state index contributed by atoms with van der Waals surface area (Å²) in [6.07, 6.45) is 2.83. The molecule has 0 aliphatic carbocycles. The number of hydrogen-bond acceptors (Lipinski definition) is 3. The summed E-state index contributed by atoms with van der Waals surface area (Å²) in [4.78, 5) is 21.2. The molecule has 3 rings (SSSR count). The van der Waals surface area contributed by atoms with Crippen LogP contribution in [-0.2, 0) is 11.2 Å². The van der Waals surface area contributed by atoms with Crippen LogP contribution in [0.1, 0.15) is 12.1 Å². The lowest BCUT2D eigenvalue weighted by Crippen LogP contribution is -2.29. The first kappa shape index (κ1) is 14.5. The van der Waals surface area contributed by atoms with Crippen LogP contribution < -0.4 is 0 Å². The fraction of sp³-hybridized carbons (Fsp3) is 0.294. The van der Waals surface area contributed by atoms with Crippen molar-refractivity contribution in [3.63, 3.8) is 0 Å². The third-order valence-electron chi connectivity index (χ3n) is 3.90.